The normalized spacial score (nSPS) is 18.5. The first-order valence-corrected chi connectivity index (χ1v) is 13.7. The summed E-state index contributed by atoms with van der Waals surface area (Å²) in [6.07, 6.45) is 3.43. The summed E-state index contributed by atoms with van der Waals surface area (Å²) in [4.78, 5) is 23.1. The number of ether oxygens (including phenoxy) is 3. The number of nitrogens with zero attached hydrogens (tertiary/aromatic N) is 5. The lowest BCUT2D eigenvalue weighted by molar-refractivity contribution is -0.0722. The van der Waals surface area contributed by atoms with E-state index < -0.39 is 11.8 Å². The van der Waals surface area contributed by atoms with Crippen molar-refractivity contribution >= 4 is 17.0 Å². The maximum atomic E-state index is 11.5. The summed E-state index contributed by atoms with van der Waals surface area (Å²) in [6, 6.07) is 16.7. The van der Waals surface area contributed by atoms with E-state index in [1.54, 1.807) is 31.4 Å². The van der Waals surface area contributed by atoms with Crippen LogP contribution in [0.4, 0.5) is 0 Å². The first-order valence-electron chi connectivity index (χ1n) is 13.7. The minimum Gasteiger partial charge on any atom is -0.478 e. The largest absolute Gasteiger partial charge is 0.478 e. The highest BCUT2D eigenvalue weighted by Gasteiger charge is 2.42. The van der Waals surface area contributed by atoms with Gasteiger partial charge in [0.2, 0.25) is 0 Å². The van der Waals surface area contributed by atoms with Gasteiger partial charge in [0.05, 0.1) is 35.3 Å². The van der Waals surface area contributed by atoms with Crippen molar-refractivity contribution in [2.45, 2.75) is 44.6 Å². The van der Waals surface area contributed by atoms with Crippen LogP contribution in [0.15, 0.2) is 54.7 Å². The molecule has 4 N–H and O–H groups in total. The molecule has 2 aromatic carbocycles. The van der Waals surface area contributed by atoms with Crippen molar-refractivity contribution in [3.05, 3.63) is 82.9 Å². The van der Waals surface area contributed by atoms with Crippen molar-refractivity contribution in [1.82, 2.24) is 25.6 Å². The van der Waals surface area contributed by atoms with E-state index in [2.05, 4.69) is 26.6 Å². The van der Waals surface area contributed by atoms with Gasteiger partial charge in [-0.05, 0) is 68.2 Å². The van der Waals surface area contributed by atoms with Gasteiger partial charge in [-0.3, -0.25) is 9.88 Å². The number of fused-ring (bicyclic) bond motifs is 2. The highest BCUT2D eigenvalue weighted by atomic mass is 16.7. The molecular weight excluding hydrogens is 536 g/mol. The zero-order chi connectivity index (χ0) is 28.6. The Hall–Kier alpha value is -4.50. The number of carbonyl (C=O) groups is 1. The molecule has 4 heterocycles. The van der Waals surface area contributed by atoms with Gasteiger partial charge in [-0.2, -0.15) is 5.26 Å². The zero-order valence-corrected chi connectivity index (χ0v) is 23.7. The Kier molecular flexibility index (Phi) is 8.13. The van der Waals surface area contributed by atoms with Crippen molar-refractivity contribution in [2.75, 3.05) is 26.8 Å². The van der Waals surface area contributed by atoms with Crippen LogP contribution in [0.1, 0.15) is 58.7 Å². The second kappa shape index (κ2) is 11.8. The molecule has 0 saturated carbocycles. The molecule has 1 saturated heterocycles. The van der Waals surface area contributed by atoms with E-state index in [4.69, 9.17) is 24.5 Å². The fraction of sp³-hybridized carbons (Fsp3) is 0.355. The fourth-order valence-electron chi connectivity index (χ4n) is 5.77. The van der Waals surface area contributed by atoms with Gasteiger partial charge in [0.1, 0.15) is 17.6 Å². The van der Waals surface area contributed by atoms with Crippen molar-refractivity contribution < 1.29 is 24.1 Å². The van der Waals surface area contributed by atoms with E-state index in [0.717, 1.165) is 48.6 Å². The molecule has 0 radical (unpaired) electrons. The van der Waals surface area contributed by atoms with Gasteiger partial charge >= 0.3 is 5.97 Å². The van der Waals surface area contributed by atoms with E-state index in [9.17, 15) is 9.90 Å². The summed E-state index contributed by atoms with van der Waals surface area (Å²) in [6.45, 7) is 5.48. The van der Waals surface area contributed by atoms with Crippen LogP contribution in [-0.4, -0.2) is 57.3 Å². The van der Waals surface area contributed by atoms with Gasteiger partial charge in [-0.25, -0.2) is 9.78 Å². The highest BCUT2D eigenvalue weighted by molar-refractivity contribution is 5.92. The Morgan fingerprint density at radius 1 is 1.19 bits per heavy atom. The summed E-state index contributed by atoms with van der Waals surface area (Å²) >= 11 is 0. The molecule has 0 bridgehead atoms. The van der Waals surface area contributed by atoms with Crippen molar-refractivity contribution in [2.24, 2.45) is 0 Å². The van der Waals surface area contributed by atoms with Gasteiger partial charge in [-0.1, -0.05) is 12.1 Å². The minimum absolute atomic E-state index is 0. The lowest BCUT2D eigenvalue weighted by Gasteiger charge is -2.32. The predicted octanol–water partition coefficient (Wildman–Crippen LogP) is 4.83. The van der Waals surface area contributed by atoms with Gasteiger partial charge in [-0.15, -0.1) is 0 Å². The Labute approximate surface area is 243 Å². The number of aromatic nitrogens is 3. The number of rotatable bonds is 8. The number of likely N-dealkylation sites (tertiary alicyclic amines) is 1. The monoisotopic (exact) mass is 570 g/mol. The van der Waals surface area contributed by atoms with E-state index in [1.807, 2.05) is 25.1 Å². The summed E-state index contributed by atoms with van der Waals surface area (Å²) in [5.74, 6) is 0.653. The van der Waals surface area contributed by atoms with Gasteiger partial charge in [0.25, 0.3) is 5.79 Å². The fourth-order valence-corrected chi connectivity index (χ4v) is 5.77. The molecule has 2 aromatic heterocycles. The average Bonchev–Trinajstić information content (AvgIpc) is 3.52. The molecule has 11 nitrogen and oxygen atoms in total. The second-order valence-corrected chi connectivity index (χ2v) is 10.6. The van der Waals surface area contributed by atoms with Crippen molar-refractivity contribution in [1.29, 1.82) is 5.26 Å². The number of methoxy groups -OCH3 is 1. The number of hydrogen-bond donors (Lipinski definition) is 2. The first kappa shape index (κ1) is 29.0. The van der Waals surface area contributed by atoms with Crippen LogP contribution in [0.25, 0.3) is 11.0 Å². The molecule has 218 valence electrons. The third kappa shape index (κ3) is 5.39. The minimum atomic E-state index is -1.06. The summed E-state index contributed by atoms with van der Waals surface area (Å²) in [5.41, 5.74) is 4.05. The lowest BCUT2D eigenvalue weighted by Crippen LogP contribution is -2.34. The first-order chi connectivity index (χ1) is 19.9. The van der Waals surface area contributed by atoms with Gasteiger partial charge in [0.15, 0.2) is 11.5 Å². The van der Waals surface area contributed by atoms with E-state index >= 15 is 0 Å². The summed E-state index contributed by atoms with van der Waals surface area (Å²) in [7, 11) is 1.67. The standard InChI is InChI=1S/C31H31N5O5.H3N/c1-31(27-9-6-20(17-32)18-33-27)40-26-5-3-4-23(29(26)41-31)21-10-12-35(13-11-21)19-28-34-24-16-22(30(37)38)7-8-25(24)36(28)14-15-39-2;/h3-9,16,18,21H,10-15,19H2,1-2H3,(H,37,38);1H3. The molecule has 0 aliphatic carbocycles. The number of para-hydroxylation sites is 1. The Balaban J connectivity index is 0.00000353. The Bertz CT molecular complexity index is 1640. The molecule has 1 unspecified atom stereocenters. The third-order valence-corrected chi connectivity index (χ3v) is 7.95. The van der Waals surface area contributed by atoms with E-state index in [0.29, 0.717) is 48.1 Å². The SMILES string of the molecule is COCCn1c(CN2CCC(c3cccc4c3OC(C)(c3ccc(C#N)cn3)O4)CC2)nc2cc(C(=O)O)ccc21.N. The predicted molar refractivity (Wildman–Crippen MR) is 155 cm³/mol. The number of pyridine rings is 1. The van der Waals surface area contributed by atoms with Crippen LogP contribution in [0, 0.1) is 11.3 Å². The molecule has 4 aromatic rings. The van der Waals surface area contributed by atoms with Crippen LogP contribution in [-0.2, 0) is 23.6 Å². The van der Waals surface area contributed by atoms with E-state index in [1.165, 1.54) is 6.20 Å². The summed E-state index contributed by atoms with van der Waals surface area (Å²) in [5, 5.41) is 18.5. The average molecular weight is 571 g/mol. The number of nitriles is 1. The molecule has 1 fully saturated rings. The van der Waals surface area contributed by atoms with Gasteiger partial charge < -0.3 is 30.0 Å². The molecule has 2 aliphatic heterocycles. The zero-order valence-electron chi connectivity index (χ0n) is 23.7. The molecule has 6 rings (SSSR count). The number of hydrogen-bond acceptors (Lipinski definition) is 9. The molecular formula is C31H34N6O5. The molecule has 0 amide bonds. The molecule has 1 atom stereocenters. The quantitative estimate of drug-likeness (QED) is 0.300. The molecule has 11 heteroatoms. The van der Waals surface area contributed by atoms with Crippen LogP contribution < -0.4 is 15.6 Å². The highest BCUT2D eigenvalue weighted by Crippen LogP contribution is 2.49. The molecule has 42 heavy (non-hydrogen) atoms. The second-order valence-electron chi connectivity index (χ2n) is 10.6. The van der Waals surface area contributed by atoms with Crippen LogP contribution in [0.2, 0.25) is 0 Å². The van der Waals surface area contributed by atoms with Crippen molar-refractivity contribution in [3.63, 3.8) is 0 Å². The topological polar surface area (TPSA) is 158 Å². The molecule has 0 spiro atoms. The maximum Gasteiger partial charge on any atom is 0.335 e. The van der Waals surface area contributed by atoms with Crippen LogP contribution in [0.5, 0.6) is 11.5 Å². The number of aromatic carboxylic acids is 1. The van der Waals surface area contributed by atoms with Crippen LogP contribution in [0.3, 0.4) is 0 Å². The van der Waals surface area contributed by atoms with E-state index in [-0.39, 0.29) is 11.7 Å². The maximum absolute atomic E-state index is 11.5. The number of carboxylic acid groups (broad SMARTS) is 1. The van der Waals surface area contributed by atoms with Crippen molar-refractivity contribution in [3.8, 4) is 17.6 Å². The van der Waals surface area contributed by atoms with Gasteiger partial charge in [0, 0.05) is 32.3 Å². The smallest absolute Gasteiger partial charge is 0.335 e. The van der Waals surface area contributed by atoms with Crippen LogP contribution >= 0.6 is 0 Å². The lowest BCUT2D eigenvalue weighted by atomic mass is 9.88. The summed E-state index contributed by atoms with van der Waals surface area (Å²) < 4.78 is 20.1. The Morgan fingerprint density at radius 3 is 2.69 bits per heavy atom. The number of benzene rings is 2. The number of piperidine rings is 1. The number of imidazole rings is 1. The number of carboxylic acids is 1. The molecule has 2 aliphatic rings. The Morgan fingerprint density at radius 2 is 2.00 bits per heavy atom. The third-order valence-electron chi connectivity index (χ3n) is 7.95.